The fraction of sp³-hybridized carbons (Fsp3) is 0.360. The molecule has 3 aromatic rings. The van der Waals surface area contributed by atoms with Crippen molar-refractivity contribution in [2.45, 2.75) is 31.1 Å². The van der Waals surface area contributed by atoms with Crippen molar-refractivity contribution in [1.82, 2.24) is 9.29 Å². The minimum Gasteiger partial charge on any atom is -0.454 e. The van der Waals surface area contributed by atoms with E-state index < -0.39 is 22.6 Å². The lowest BCUT2D eigenvalue weighted by Gasteiger charge is -2.30. The number of Topliss-reactive ketones (excluding diaryl/α,β-unsaturated/α-hetero) is 1. The molecule has 4 rings (SSSR count). The van der Waals surface area contributed by atoms with E-state index in [1.54, 1.807) is 13.0 Å². The number of rotatable bonds is 7. The molecular formula is C25H29N3O5S. The summed E-state index contributed by atoms with van der Waals surface area (Å²) in [6.07, 6.45) is 3.09. The van der Waals surface area contributed by atoms with Crippen LogP contribution in [0.5, 0.6) is 0 Å². The number of aryl methyl sites for hydroxylation is 1. The van der Waals surface area contributed by atoms with Gasteiger partial charge < -0.3 is 14.6 Å². The Labute approximate surface area is 199 Å². The van der Waals surface area contributed by atoms with Gasteiger partial charge in [0.2, 0.25) is 15.8 Å². The van der Waals surface area contributed by atoms with Crippen LogP contribution in [0.15, 0.2) is 47.4 Å². The topological polar surface area (TPSA) is 99.8 Å². The molecule has 2 aromatic carbocycles. The Morgan fingerprint density at radius 1 is 1.06 bits per heavy atom. The number of hydrogen-bond donors (Lipinski definition) is 1. The lowest BCUT2D eigenvalue weighted by Crippen LogP contribution is -2.31. The van der Waals surface area contributed by atoms with Crippen molar-refractivity contribution >= 4 is 38.4 Å². The normalized spacial score (nSPS) is 14.5. The molecule has 1 aliphatic heterocycles. The fourth-order valence-corrected chi connectivity index (χ4v) is 5.31. The number of carbonyl (C=O) groups excluding carboxylic acids is 2. The zero-order valence-corrected chi connectivity index (χ0v) is 20.4. The largest absolute Gasteiger partial charge is 0.454 e. The van der Waals surface area contributed by atoms with E-state index in [1.165, 1.54) is 26.2 Å². The number of nitrogens with one attached hydrogen (secondary N) is 1. The molecular weight excluding hydrogens is 454 g/mol. The summed E-state index contributed by atoms with van der Waals surface area (Å²) in [5.74, 6) is -1.04. The third-order valence-corrected chi connectivity index (χ3v) is 7.98. The zero-order valence-electron chi connectivity index (χ0n) is 19.6. The van der Waals surface area contributed by atoms with Crippen LogP contribution in [-0.2, 0) is 14.8 Å². The molecule has 8 nitrogen and oxygen atoms in total. The van der Waals surface area contributed by atoms with Crippen molar-refractivity contribution in [2.24, 2.45) is 0 Å². The summed E-state index contributed by atoms with van der Waals surface area (Å²) in [5.41, 5.74) is 2.80. The molecule has 0 saturated carbocycles. The number of aromatic nitrogens is 1. The monoisotopic (exact) mass is 483 g/mol. The van der Waals surface area contributed by atoms with E-state index in [-0.39, 0.29) is 16.2 Å². The van der Waals surface area contributed by atoms with Crippen molar-refractivity contribution in [2.75, 3.05) is 38.7 Å². The van der Waals surface area contributed by atoms with Gasteiger partial charge in [-0.05, 0) is 50.5 Å². The van der Waals surface area contributed by atoms with Gasteiger partial charge in [-0.1, -0.05) is 18.2 Å². The number of nitrogens with zero attached hydrogens (tertiary/aromatic N) is 2. The van der Waals surface area contributed by atoms with Crippen molar-refractivity contribution < 1.29 is 22.7 Å². The molecule has 0 spiro atoms. The predicted octanol–water partition coefficient (Wildman–Crippen LogP) is 3.76. The first kappa shape index (κ1) is 24.0. The number of ether oxygens (including phenoxy) is 1. The van der Waals surface area contributed by atoms with Crippen LogP contribution in [0.4, 0.5) is 5.69 Å². The van der Waals surface area contributed by atoms with E-state index in [0.29, 0.717) is 16.9 Å². The second kappa shape index (κ2) is 9.60. The molecule has 180 valence electrons. The second-order valence-corrected chi connectivity index (χ2v) is 10.8. The van der Waals surface area contributed by atoms with Gasteiger partial charge in [0.25, 0.3) is 0 Å². The third-order valence-electron chi connectivity index (χ3n) is 6.17. The van der Waals surface area contributed by atoms with Crippen molar-refractivity contribution in [3.05, 3.63) is 59.3 Å². The number of hydrogen-bond acceptors (Lipinski definition) is 6. The molecule has 34 heavy (non-hydrogen) atoms. The van der Waals surface area contributed by atoms with Crippen LogP contribution in [0.3, 0.4) is 0 Å². The predicted molar refractivity (Wildman–Crippen MR) is 131 cm³/mol. The maximum Gasteiger partial charge on any atom is 0.340 e. The van der Waals surface area contributed by atoms with Crippen LogP contribution < -0.4 is 4.90 Å². The summed E-state index contributed by atoms with van der Waals surface area (Å²) < 4.78 is 31.9. The first-order valence-electron chi connectivity index (χ1n) is 11.3. The molecule has 9 heteroatoms. The maximum atomic E-state index is 13.2. The quantitative estimate of drug-likeness (QED) is 0.406. The summed E-state index contributed by atoms with van der Waals surface area (Å²) in [7, 11) is -0.864. The van der Waals surface area contributed by atoms with Crippen LogP contribution in [0.2, 0.25) is 0 Å². The van der Waals surface area contributed by atoms with Gasteiger partial charge in [0.05, 0.1) is 16.1 Å². The zero-order chi connectivity index (χ0) is 24.5. The Hall–Kier alpha value is -3.17. The molecule has 0 atom stereocenters. The minimum absolute atomic E-state index is 0.00371. The summed E-state index contributed by atoms with van der Waals surface area (Å²) in [4.78, 5) is 31.4. The second-order valence-electron chi connectivity index (χ2n) is 8.68. The van der Waals surface area contributed by atoms with Gasteiger partial charge in [-0.2, -0.15) is 0 Å². The van der Waals surface area contributed by atoms with Crippen LogP contribution in [0.1, 0.15) is 45.7 Å². The van der Waals surface area contributed by atoms with E-state index in [4.69, 9.17) is 4.74 Å². The number of H-pyrrole nitrogens is 1. The van der Waals surface area contributed by atoms with E-state index in [9.17, 15) is 18.0 Å². The maximum absolute atomic E-state index is 13.2. The highest BCUT2D eigenvalue weighted by atomic mass is 32.2. The molecule has 0 bridgehead atoms. The fourth-order valence-electron chi connectivity index (χ4n) is 4.38. The van der Waals surface area contributed by atoms with Gasteiger partial charge in [-0.3, -0.25) is 4.79 Å². The summed E-state index contributed by atoms with van der Waals surface area (Å²) in [6.45, 7) is 2.91. The van der Waals surface area contributed by atoms with Gasteiger partial charge in [0.1, 0.15) is 0 Å². The van der Waals surface area contributed by atoms with Crippen LogP contribution in [0.25, 0.3) is 10.9 Å². The average molecular weight is 484 g/mol. The molecule has 1 fully saturated rings. The molecule has 0 aliphatic carbocycles. The number of aromatic amines is 1. The first-order valence-corrected chi connectivity index (χ1v) is 12.7. The highest BCUT2D eigenvalue weighted by Crippen LogP contribution is 2.29. The van der Waals surface area contributed by atoms with Crippen molar-refractivity contribution in [3.8, 4) is 0 Å². The molecule has 1 saturated heterocycles. The Balaban J connectivity index is 1.62. The Bertz CT molecular complexity index is 1340. The van der Waals surface area contributed by atoms with Crippen LogP contribution >= 0.6 is 0 Å². The third kappa shape index (κ3) is 4.58. The average Bonchev–Trinajstić information content (AvgIpc) is 3.18. The number of sulfonamides is 1. The Morgan fingerprint density at radius 3 is 2.47 bits per heavy atom. The van der Waals surface area contributed by atoms with Gasteiger partial charge in [-0.15, -0.1) is 0 Å². The van der Waals surface area contributed by atoms with Gasteiger partial charge in [-0.25, -0.2) is 17.5 Å². The standard InChI is InChI=1S/C25H29N3O5S/c1-17-24(19-9-5-6-10-21(19)26-17)23(29)16-33-25(30)20-15-18(34(31,32)27(2)3)11-12-22(20)28-13-7-4-8-14-28/h5-6,9-12,15,26H,4,7-8,13-14,16H2,1-3H3. The van der Waals surface area contributed by atoms with Crippen molar-refractivity contribution in [3.63, 3.8) is 0 Å². The molecule has 1 aromatic heterocycles. The van der Waals surface area contributed by atoms with Gasteiger partial charge in [0, 0.05) is 49.3 Å². The molecule has 0 radical (unpaired) electrons. The lowest BCUT2D eigenvalue weighted by molar-refractivity contribution is 0.0475. The van der Waals surface area contributed by atoms with Gasteiger partial charge >= 0.3 is 5.97 Å². The molecule has 1 aliphatic rings. The Kier molecular flexibility index (Phi) is 6.77. The van der Waals surface area contributed by atoms with Crippen LogP contribution in [0, 0.1) is 6.92 Å². The van der Waals surface area contributed by atoms with E-state index in [1.807, 2.05) is 24.3 Å². The number of fused-ring (bicyclic) bond motifs is 1. The number of anilines is 1. The number of para-hydroxylation sites is 1. The summed E-state index contributed by atoms with van der Waals surface area (Å²) in [5, 5.41) is 0.772. The SMILES string of the molecule is Cc1[nH]c2ccccc2c1C(=O)COC(=O)c1cc(S(=O)(=O)N(C)C)ccc1N1CCCCC1. The number of ketones is 1. The highest BCUT2D eigenvalue weighted by molar-refractivity contribution is 7.89. The smallest absolute Gasteiger partial charge is 0.340 e. The Morgan fingerprint density at radius 2 is 1.76 bits per heavy atom. The highest BCUT2D eigenvalue weighted by Gasteiger charge is 2.26. The number of benzene rings is 2. The molecule has 1 N–H and O–H groups in total. The number of carbonyl (C=O) groups is 2. The molecule has 0 unspecified atom stereocenters. The molecule has 2 heterocycles. The number of esters is 1. The number of piperidine rings is 1. The summed E-state index contributed by atoms with van der Waals surface area (Å²) >= 11 is 0. The van der Waals surface area contributed by atoms with E-state index >= 15 is 0 Å². The van der Waals surface area contributed by atoms with Gasteiger partial charge in [0.15, 0.2) is 6.61 Å². The van der Waals surface area contributed by atoms with E-state index in [0.717, 1.165) is 47.6 Å². The molecule has 0 amide bonds. The minimum atomic E-state index is -3.74. The van der Waals surface area contributed by atoms with Crippen LogP contribution in [-0.4, -0.2) is 63.3 Å². The summed E-state index contributed by atoms with van der Waals surface area (Å²) in [6, 6.07) is 12.0. The first-order chi connectivity index (χ1) is 16.2. The van der Waals surface area contributed by atoms with E-state index in [2.05, 4.69) is 9.88 Å². The lowest BCUT2D eigenvalue weighted by atomic mass is 10.1. The van der Waals surface area contributed by atoms with Crippen molar-refractivity contribution in [1.29, 1.82) is 0 Å².